The minimum absolute atomic E-state index is 0.0409. The summed E-state index contributed by atoms with van der Waals surface area (Å²) in [6.45, 7) is 15.2. The van der Waals surface area contributed by atoms with Crippen LogP contribution >= 0.6 is 11.6 Å². The molecule has 0 atom stereocenters. The van der Waals surface area contributed by atoms with Gasteiger partial charge in [-0.25, -0.2) is 0 Å². The highest BCUT2D eigenvalue weighted by Crippen LogP contribution is 2.40. The number of aldehydes is 1. The number of hydrogen-bond donors (Lipinski definition) is 2. The summed E-state index contributed by atoms with van der Waals surface area (Å²) in [5, 5.41) is 22.0. The number of halogens is 1. The second-order valence-corrected chi connectivity index (χ2v) is 13.7. The molecule has 0 spiro atoms. The Balaban J connectivity index is 0.000000334. The summed E-state index contributed by atoms with van der Waals surface area (Å²) in [4.78, 5) is 16.9. The van der Waals surface area contributed by atoms with Crippen molar-refractivity contribution in [3.8, 4) is 6.07 Å². The maximum Gasteiger partial charge on any atom is 0.139 e. The lowest BCUT2D eigenvalue weighted by atomic mass is 10.0. The summed E-state index contributed by atoms with van der Waals surface area (Å²) in [7, 11) is 7.97. The number of aliphatic hydroxyl groups excluding tert-OH is 1. The lowest BCUT2D eigenvalue weighted by molar-refractivity contribution is -0.106. The molecule has 1 heterocycles. The Morgan fingerprint density at radius 2 is 1.53 bits per heavy atom. The SMILES string of the molecule is C=CCN(CC=O)c1cc(C#N)ccc1C.CCc1ccccc1CC.CN(C)C.CNCCN1CCC(O)CC1.Clc1ccc(C2CC2)cc1. The first-order valence-corrected chi connectivity index (χ1v) is 18.7. The number of nitriles is 1. The summed E-state index contributed by atoms with van der Waals surface area (Å²) in [5.74, 6) is 0.845. The van der Waals surface area contributed by atoms with Gasteiger partial charge in [0.1, 0.15) is 6.29 Å². The van der Waals surface area contributed by atoms with E-state index in [4.69, 9.17) is 16.9 Å². The molecule has 2 N–H and O–H groups in total. The Bertz CT molecular complexity index is 1370. The molecule has 0 amide bonds. The molecule has 8 heteroatoms. The summed E-state index contributed by atoms with van der Waals surface area (Å²) in [5.41, 5.74) is 6.98. The molecule has 3 aromatic carbocycles. The number of likely N-dealkylation sites (N-methyl/N-ethyl adjacent to an activating group) is 1. The third-order valence-electron chi connectivity index (χ3n) is 8.36. The van der Waals surface area contributed by atoms with Crippen LogP contribution in [0.2, 0.25) is 5.02 Å². The number of likely N-dealkylation sites (tertiary alicyclic amines) is 1. The van der Waals surface area contributed by atoms with E-state index in [1.54, 1.807) is 18.2 Å². The van der Waals surface area contributed by atoms with E-state index in [1.165, 1.54) is 29.5 Å². The number of anilines is 1. The lowest BCUT2D eigenvalue weighted by Crippen LogP contribution is -2.39. The summed E-state index contributed by atoms with van der Waals surface area (Å²) < 4.78 is 0. The predicted molar refractivity (Wildman–Crippen MR) is 218 cm³/mol. The molecule has 51 heavy (non-hydrogen) atoms. The van der Waals surface area contributed by atoms with Gasteiger partial charge in [-0.3, -0.25) is 0 Å². The zero-order valence-electron chi connectivity index (χ0n) is 32.4. The zero-order chi connectivity index (χ0) is 38.0. The third-order valence-corrected chi connectivity index (χ3v) is 8.61. The van der Waals surface area contributed by atoms with Gasteiger partial charge >= 0.3 is 0 Å². The molecular formula is C43H64ClN5O2. The van der Waals surface area contributed by atoms with Crippen LogP contribution in [0.3, 0.4) is 0 Å². The van der Waals surface area contributed by atoms with Gasteiger partial charge in [-0.1, -0.05) is 74.0 Å². The number of benzene rings is 3. The van der Waals surface area contributed by atoms with Crippen LogP contribution in [0, 0.1) is 18.3 Å². The van der Waals surface area contributed by atoms with E-state index in [9.17, 15) is 9.90 Å². The standard InChI is InChI=1S/C13H14N2O.C10H14.C9H9Cl.C8H18N2O.C3H9N/c1-3-6-15(7-8-16)13-9-12(10-14)5-4-11(13)2;1-3-9-7-5-6-8-10(9)4-2;10-9-5-3-8(4-6-9)7-1-2-7;1-9-4-7-10-5-2-8(11)3-6-10;1-4(2)3/h3-5,8-9H,1,6-7H2,2H3;5-8H,3-4H2,1-2H3;3-7H,1-2H2;8-9,11H,2-7H2,1H3;1-3H3. The van der Waals surface area contributed by atoms with Crippen molar-refractivity contribution >= 4 is 23.6 Å². The quantitative estimate of drug-likeness (QED) is 0.154. The van der Waals surface area contributed by atoms with Gasteiger partial charge in [0.05, 0.1) is 24.3 Å². The molecule has 0 radical (unpaired) electrons. The molecular weight excluding hydrogens is 654 g/mol. The van der Waals surface area contributed by atoms with Gasteiger partial charge in [0.25, 0.3) is 0 Å². The van der Waals surface area contributed by atoms with Crippen molar-refractivity contribution in [1.82, 2.24) is 15.1 Å². The average Bonchev–Trinajstić information content (AvgIpc) is 3.98. The highest BCUT2D eigenvalue weighted by Gasteiger charge is 2.22. The molecule has 1 saturated carbocycles. The van der Waals surface area contributed by atoms with E-state index >= 15 is 0 Å². The summed E-state index contributed by atoms with van der Waals surface area (Å²) in [6.07, 6.45) is 9.48. The minimum Gasteiger partial charge on any atom is -0.393 e. The Kier molecular flexibility index (Phi) is 24.3. The molecule has 2 aliphatic rings. The van der Waals surface area contributed by atoms with Crippen LogP contribution < -0.4 is 10.2 Å². The Morgan fingerprint density at radius 1 is 0.961 bits per heavy atom. The van der Waals surface area contributed by atoms with E-state index in [2.05, 4.69) is 73.1 Å². The Morgan fingerprint density at radius 3 is 1.98 bits per heavy atom. The van der Waals surface area contributed by atoms with Crippen LogP contribution in [-0.4, -0.2) is 94.8 Å². The average molecular weight is 718 g/mol. The molecule has 7 nitrogen and oxygen atoms in total. The van der Waals surface area contributed by atoms with E-state index in [-0.39, 0.29) is 6.10 Å². The third kappa shape index (κ3) is 20.2. The van der Waals surface area contributed by atoms with Gasteiger partial charge in [0, 0.05) is 43.4 Å². The first kappa shape index (κ1) is 45.5. The van der Waals surface area contributed by atoms with E-state index in [1.807, 2.05) is 63.1 Å². The van der Waals surface area contributed by atoms with Crippen molar-refractivity contribution < 1.29 is 9.90 Å². The number of hydrogen-bond acceptors (Lipinski definition) is 7. The smallest absolute Gasteiger partial charge is 0.139 e. The summed E-state index contributed by atoms with van der Waals surface area (Å²) in [6, 6.07) is 24.4. The van der Waals surface area contributed by atoms with Crippen molar-refractivity contribution in [1.29, 1.82) is 5.26 Å². The summed E-state index contributed by atoms with van der Waals surface area (Å²) >= 11 is 5.74. The Labute approximate surface area is 314 Å². The van der Waals surface area contributed by atoms with Gasteiger partial charge in [0.15, 0.2) is 0 Å². The van der Waals surface area contributed by atoms with Gasteiger partial charge in [-0.15, -0.1) is 6.58 Å². The van der Waals surface area contributed by atoms with Crippen molar-refractivity contribution in [3.63, 3.8) is 0 Å². The molecule has 1 saturated heterocycles. The second-order valence-electron chi connectivity index (χ2n) is 13.3. The Hall–Kier alpha value is -3.51. The number of carbonyl (C=O) groups excluding carboxylic acids is 1. The number of carbonyl (C=O) groups is 1. The van der Waals surface area contributed by atoms with Crippen LogP contribution in [-0.2, 0) is 17.6 Å². The molecule has 0 aromatic heterocycles. The zero-order valence-corrected chi connectivity index (χ0v) is 33.1. The van der Waals surface area contributed by atoms with E-state index in [0.717, 1.165) is 80.3 Å². The fourth-order valence-electron chi connectivity index (χ4n) is 5.35. The maximum absolute atomic E-state index is 10.6. The normalized spacial score (nSPS) is 13.7. The largest absolute Gasteiger partial charge is 0.393 e. The number of aryl methyl sites for hydroxylation is 3. The molecule has 280 valence electrons. The maximum atomic E-state index is 10.6. The number of nitrogens with zero attached hydrogens (tertiary/aromatic N) is 4. The van der Waals surface area contributed by atoms with Crippen molar-refractivity contribution in [3.05, 3.63) is 112 Å². The fourth-order valence-corrected chi connectivity index (χ4v) is 5.47. The first-order valence-electron chi connectivity index (χ1n) is 18.3. The monoisotopic (exact) mass is 717 g/mol. The molecule has 3 aromatic rings. The number of nitrogens with one attached hydrogen (secondary N) is 1. The molecule has 1 aliphatic heterocycles. The van der Waals surface area contributed by atoms with Gasteiger partial charge in [-0.05, 0) is 126 Å². The van der Waals surface area contributed by atoms with Gasteiger partial charge in [-0.2, -0.15) is 5.26 Å². The second kappa shape index (κ2) is 27.2. The number of piperidine rings is 1. The molecule has 5 rings (SSSR count). The van der Waals surface area contributed by atoms with Crippen molar-refractivity contribution in [2.24, 2.45) is 0 Å². The fraction of sp³-hybridized carbons (Fsp3) is 0.488. The first-order chi connectivity index (χ1) is 24.5. The van der Waals surface area contributed by atoms with Crippen LogP contribution in [0.1, 0.15) is 73.3 Å². The predicted octanol–water partition coefficient (Wildman–Crippen LogP) is 7.93. The van der Waals surface area contributed by atoms with Gasteiger partial charge < -0.3 is 29.9 Å². The molecule has 2 fully saturated rings. The van der Waals surface area contributed by atoms with Crippen molar-refractivity contribution in [2.45, 2.75) is 71.3 Å². The highest BCUT2D eigenvalue weighted by molar-refractivity contribution is 6.30. The lowest BCUT2D eigenvalue weighted by Gasteiger charge is -2.29. The molecule has 0 unspecified atom stereocenters. The minimum atomic E-state index is -0.0409. The van der Waals surface area contributed by atoms with Crippen molar-refractivity contribution in [2.75, 3.05) is 72.4 Å². The van der Waals surface area contributed by atoms with E-state index in [0.29, 0.717) is 18.7 Å². The molecule has 1 aliphatic carbocycles. The van der Waals surface area contributed by atoms with Crippen LogP contribution in [0.15, 0.2) is 79.4 Å². The van der Waals surface area contributed by atoms with Crippen LogP contribution in [0.25, 0.3) is 0 Å². The number of rotatable bonds is 11. The number of aliphatic hydroxyl groups is 1. The van der Waals surface area contributed by atoms with Gasteiger partial charge in [0.2, 0.25) is 0 Å². The van der Waals surface area contributed by atoms with E-state index < -0.39 is 0 Å². The van der Waals surface area contributed by atoms with Crippen LogP contribution in [0.4, 0.5) is 5.69 Å². The molecule has 0 bridgehead atoms. The highest BCUT2D eigenvalue weighted by atomic mass is 35.5. The topological polar surface area (TPSA) is 82.8 Å². The van der Waals surface area contributed by atoms with Crippen LogP contribution in [0.5, 0.6) is 0 Å².